The summed E-state index contributed by atoms with van der Waals surface area (Å²) in [4.78, 5) is 11.9. The van der Waals surface area contributed by atoms with Gasteiger partial charge in [0.05, 0.1) is 5.41 Å². The third-order valence-electron chi connectivity index (χ3n) is 7.17. The number of aliphatic hydroxyl groups excluding tert-OH is 1. The van der Waals surface area contributed by atoms with Crippen molar-refractivity contribution >= 4 is 5.97 Å². The molecule has 0 aliphatic heterocycles. The molecule has 4 atom stereocenters. The zero-order valence-electron chi connectivity index (χ0n) is 18.6. The zero-order chi connectivity index (χ0) is 21.4. The fourth-order valence-corrected chi connectivity index (χ4v) is 5.32. The first-order valence-electron chi connectivity index (χ1n) is 11.5. The van der Waals surface area contributed by atoms with Gasteiger partial charge in [-0.15, -0.1) is 0 Å². The Hall–Kier alpha value is -1.39. The number of nitrogens with two attached hydrogens (primary N) is 1. The SMILES string of the molecule is CCCCC(C)(CC1CCc2cc(C3CCC(CO)C3)ccc2C1)C(=O)O.CN. The van der Waals surface area contributed by atoms with E-state index in [1.165, 1.54) is 30.2 Å². The van der Waals surface area contributed by atoms with Crippen molar-refractivity contribution in [2.45, 2.75) is 84.0 Å². The highest BCUT2D eigenvalue weighted by Gasteiger charge is 2.36. The second kappa shape index (κ2) is 11.1. The zero-order valence-corrected chi connectivity index (χ0v) is 18.6. The third-order valence-corrected chi connectivity index (χ3v) is 7.17. The largest absolute Gasteiger partial charge is 0.481 e. The minimum absolute atomic E-state index is 0.323. The van der Waals surface area contributed by atoms with E-state index in [2.05, 4.69) is 30.9 Å². The highest BCUT2D eigenvalue weighted by molar-refractivity contribution is 5.74. The molecule has 4 N–H and O–H groups in total. The predicted octanol–water partition coefficient (Wildman–Crippen LogP) is 4.91. The maximum absolute atomic E-state index is 11.9. The molecule has 29 heavy (non-hydrogen) atoms. The summed E-state index contributed by atoms with van der Waals surface area (Å²) in [5.41, 5.74) is 8.26. The molecule has 3 rings (SSSR count). The maximum atomic E-state index is 11.9. The molecule has 0 radical (unpaired) electrons. The number of carboxylic acid groups (broad SMARTS) is 1. The maximum Gasteiger partial charge on any atom is 0.309 e. The van der Waals surface area contributed by atoms with Gasteiger partial charge in [-0.2, -0.15) is 0 Å². The first-order valence-corrected chi connectivity index (χ1v) is 11.5. The highest BCUT2D eigenvalue weighted by atomic mass is 16.4. The van der Waals surface area contributed by atoms with Crippen molar-refractivity contribution in [2.24, 2.45) is 23.0 Å². The average molecular weight is 404 g/mol. The lowest BCUT2D eigenvalue weighted by Crippen LogP contribution is -2.32. The van der Waals surface area contributed by atoms with Gasteiger partial charge in [0.1, 0.15) is 0 Å². The van der Waals surface area contributed by atoms with Crippen molar-refractivity contribution in [1.82, 2.24) is 0 Å². The molecule has 4 heteroatoms. The van der Waals surface area contributed by atoms with Crippen LogP contribution in [0.25, 0.3) is 0 Å². The monoisotopic (exact) mass is 403 g/mol. The van der Waals surface area contributed by atoms with Crippen LogP contribution in [0.4, 0.5) is 0 Å². The van der Waals surface area contributed by atoms with E-state index in [1.54, 1.807) is 0 Å². The van der Waals surface area contributed by atoms with Crippen LogP contribution in [0.2, 0.25) is 0 Å². The molecular weight excluding hydrogens is 362 g/mol. The second-order valence-electron chi connectivity index (χ2n) is 9.37. The minimum Gasteiger partial charge on any atom is -0.481 e. The lowest BCUT2D eigenvalue weighted by atomic mass is 9.71. The molecular formula is C25H41NO3. The van der Waals surface area contributed by atoms with Gasteiger partial charge in [-0.05, 0) is 99.8 Å². The van der Waals surface area contributed by atoms with E-state index in [0.29, 0.717) is 24.4 Å². The molecule has 164 valence electrons. The summed E-state index contributed by atoms with van der Waals surface area (Å²) >= 11 is 0. The molecule has 2 aliphatic carbocycles. The topological polar surface area (TPSA) is 83.5 Å². The molecule has 0 amide bonds. The molecule has 1 fully saturated rings. The van der Waals surface area contributed by atoms with Crippen LogP contribution in [0.3, 0.4) is 0 Å². The Morgan fingerprint density at radius 3 is 2.55 bits per heavy atom. The number of aliphatic carboxylic acids is 1. The molecule has 0 aromatic heterocycles. The number of unbranched alkanes of at least 4 members (excludes halogenated alkanes) is 1. The Balaban J connectivity index is 0.00000145. The van der Waals surface area contributed by atoms with E-state index in [9.17, 15) is 15.0 Å². The summed E-state index contributed by atoms with van der Waals surface area (Å²) in [6.07, 6.45) is 10.3. The van der Waals surface area contributed by atoms with E-state index in [4.69, 9.17) is 0 Å². The van der Waals surface area contributed by atoms with Gasteiger partial charge < -0.3 is 15.9 Å². The van der Waals surface area contributed by atoms with Crippen LogP contribution in [-0.2, 0) is 17.6 Å². The van der Waals surface area contributed by atoms with Crippen LogP contribution in [0.1, 0.15) is 87.8 Å². The number of benzene rings is 1. The van der Waals surface area contributed by atoms with Crippen LogP contribution in [0.5, 0.6) is 0 Å². The van der Waals surface area contributed by atoms with Gasteiger partial charge in [0, 0.05) is 6.61 Å². The first kappa shape index (κ1) is 23.9. The highest BCUT2D eigenvalue weighted by Crippen LogP contribution is 2.41. The molecule has 0 spiro atoms. The predicted molar refractivity (Wildman–Crippen MR) is 119 cm³/mol. The van der Waals surface area contributed by atoms with Crippen molar-refractivity contribution in [1.29, 1.82) is 0 Å². The van der Waals surface area contributed by atoms with Crippen LogP contribution >= 0.6 is 0 Å². The Kier molecular flexibility index (Phi) is 9.16. The molecule has 4 unspecified atom stereocenters. The van der Waals surface area contributed by atoms with Gasteiger partial charge >= 0.3 is 5.97 Å². The van der Waals surface area contributed by atoms with E-state index >= 15 is 0 Å². The van der Waals surface area contributed by atoms with E-state index < -0.39 is 11.4 Å². The van der Waals surface area contributed by atoms with E-state index in [-0.39, 0.29) is 0 Å². The second-order valence-corrected chi connectivity index (χ2v) is 9.37. The average Bonchev–Trinajstić information content (AvgIpc) is 3.22. The number of carbonyl (C=O) groups is 1. The van der Waals surface area contributed by atoms with Crippen LogP contribution in [0, 0.1) is 17.3 Å². The van der Waals surface area contributed by atoms with Gasteiger partial charge in [-0.1, -0.05) is 38.0 Å². The van der Waals surface area contributed by atoms with Crippen LogP contribution in [0.15, 0.2) is 18.2 Å². The fourth-order valence-electron chi connectivity index (χ4n) is 5.32. The van der Waals surface area contributed by atoms with Gasteiger partial charge in [0.25, 0.3) is 0 Å². The molecule has 1 aromatic carbocycles. The van der Waals surface area contributed by atoms with Gasteiger partial charge in [0.2, 0.25) is 0 Å². The summed E-state index contributed by atoms with van der Waals surface area (Å²) in [6, 6.07) is 7.00. The Morgan fingerprint density at radius 1 is 1.17 bits per heavy atom. The first-order chi connectivity index (χ1) is 13.9. The number of hydrogen-bond donors (Lipinski definition) is 3. The summed E-state index contributed by atoms with van der Waals surface area (Å²) in [7, 11) is 1.50. The number of rotatable bonds is 8. The molecule has 0 bridgehead atoms. The smallest absolute Gasteiger partial charge is 0.309 e. The Bertz CT molecular complexity index is 659. The number of hydrogen-bond acceptors (Lipinski definition) is 3. The standard InChI is InChI=1S/C24H36O3.CH5N/c1-3-4-11-24(2,23(26)27)15-17-5-7-21-14-22(10-9-20(21)12-17)19-8-6-18(13-19)16-25;1-2/h9-10,14,17-19,25H,3-8,11-13,15-16H2,1-2H3,(H,26,27);2H2,1H3. The van der Waals surface area contributed by atoms with Crippen LogP contribution in [-0.4, -0.2) is 29.8 Å². The third kappa shape index (κ3) is 6.05. The molecule has 2 aliphatic rings. The number of aryl methyl sites for hydroxylation is 1. The summed E-state index contributed by atoms with van der Waals surface area (Å²) in [5.74, 6) is 0.935. The Labute approximate surface area is 176 Å². The molecule has 0 heterocycles. The van der Waals surface area contributed by atoms with E-state index in [1.807, 2.05) is 6.92 Å². The van der Waals surface area contributed by atoms with Crippen LogP contribution < -0.4 is 5.73 Å². The fraction of sp³-hybridized carbons (Fsp3) is 0.720. The molecule has 1 saturated carbocycles. The number of fused-ring (bicyclic) bond motifs is 1. The van der Waals surface area contributed by atoms with E-state index in [0.717, 1.165) is 57.8 Å². The molecule has 1 aromatic rings. The van der Waals surface area contributed by atoms with Gasteiger partial charge in [-0.3, -0.25) is 4.79 Å². The van der Waals surface area contributed by atoms with Gasteiger partial charge in [-0.25, -0.2) is 0 Å². The lowest BCUT2D eigenvalue weighted by molar-refractivity contribution is -0.149. The van der Waals surface area contributed by atoms with Gasteiger partial charge in [0.15, 0.2) is 0 Å². The minimum atomic E-state index is -0.628. The number of carboxylic acids is 1. The van der Waals surface area contributed by atoms with Crippen molar-refractivity contribution in [3.05, 3.63) is 34.9 Å². The summed E-state index contributed by atoms with van der Waals surface area (Å²) in [5, 5.41) is 19.2. The Morgan fingerprint density at radius 2 is 1.93 bits per heavy atom. The normalized spacial score (nSPS) is 25.5. The molecule has 4 nitrogen and oxygen atoms in total. The quantitative estimate of drug-likeness (QED) is 0.575. The summed E-state index contributed by atoms with van der Waals surface area (Å²) in [6.45, 7) is 4.40. The van der Waals surface area contributed by atoms with Crippen molar-refractivity contribution < 1.29 is 15.0 Å². The van der Waals surface area contributed by atoms with Crippen molar-refractivity contribution in [2.75, 3.05) is 13.7 Å². The lowest BCUT2D eigenvalue weighted by Gasteiger charge is -2.33. The van der Waals surface area contributed by atoms with Crippen molar-refractivity contribution in [3.8, 4) is 0 Å². The summed E-state index contributed by atoms with van der Waals surface area (Å²) < 4.78 is 0. The van der Waals surface area contributed by atoms with Crippen molar-refractivity contribution in [3.63, 3.8) is 0 Å². The molecule has 0 saturated heterocycles. The number of aliphatic hydroxyl groups is 1.